The van der Waals surface area contributed by atoms with Crippen molar-refractivity contribution in [3.63, 3.8) is 0 Å². The van der Waals surface area contributed by atoms with Crippen LogP contribution in [0.2, 0.25) is 0 Å². The zero-order valence-electron chi connectivity index (χ0n) is 17.1. The molecule has 0 bridgehead atoms. The summed E-state index contributed by atoms with van der Waals surface area (Å²) < 4.78 is 0. The molecule has 0 spiro atoms. The number of urea groups is 1. The van der Waals surface area contributed by atoms with Gasteiger partial charge in [0.15, 0.2) is 0 Å². The summed E-state index contributed by atoms with van der Waals surface area (Å²) in [6, 6.07) is 7.93. The Labute approximate surface area is 168 Å². The Bertz CT molecular complexity index is 658. The molecule has 2 fully saturated rings. The highest BCUT2D eigenvalue weighted by Gasteiger charge is 2.25. The number of carbonyl (C=O) groups excluding carboxylic acids is 2. The number of hydrogen-bond donors (Lipinski definition) is 2. The minimum absolute atomic E-state index is 0.00440. The Hall–Kier alpha value is -2.08. The fourth-order valence-electron chi connectivity index (χ4n) is 4.24. The zero-order valence-corrected chi connectivity index (χ0v) is 17.1. The molecule has 0 radical (unpaired) electrons. The average molecular weight is 387 g/mol. The lowest BCUT2D eigenvalue weighted by molar-refractivity contribution is 0.0946. The molecule has 0 aliphatic carbocycles. The largest absolute Gasteiger partial charge is 0.351 e. The molecule has 28 heavy (non-hydrogen) atoms. The molecular weight excluding hydrogens is 352 g/mol. The van der Waals surface area contributed by atoms with E-state index in [2.05, 4.69) is 21.6 Å². The Morgan fingerprint density at radius 3 is 2.68 bits per heavy atom. The van der Waals surface area contributed by atoms with E-state index in [1.54, 1.807) is 0 Å². The molecule has 2 aliphatic heterocycles. The van der Waals surface area contributed by atoms with Crippen molar-refractivity contribution in [2.24, 2.45) is 0 Å². The first-order valence-corrected chi connectivity index (χ1v) is 10.8. The minimum Gasteiger partial charge on any atom is -0.351 e. The van der Waals surface area contributed by atoms with E-state index >= 15 is 0 Å². The van der Waals surface area contributed by atoms with Gasteiger partial charge in [0.05, 0.1) is 0 Å². The number of likely N-dealkylation sites (tertiary alicyclic amines) is 2. The lowest BCUT2D eigenvalue weighted by atomic mass is 9.89. The number of amides is 3. The van der Waals surface area contributed by atoms with E-state index in [0.717, 1.165) is 44.6 Å². The van der Waals surface area contributed by atoms with Crippen LogP contribution in [0.15, 0.2) is 24.3 Å². The smallest absolute Gasteiger partial charge is 0.317 e. The van der Waals surface area contributed by atoms with E-state index in [4.69, 9.17) is 0 Å². The maximum absolute atomic E-state index is 12.6. The van der Waals surface area contributed by atoms with E-state index in [9.17, 15) is 9.59 Å². The van der Waals surface area contributed by atoms with Gasteiger partial charge in [-0.15, -0.1) is 0 Å². The van der Waals surface area contributed by atoms with Crippen molar-refractivity contribution < 1.29 is 9.59 Å². The highest BCUT2D eigenvalue weighted by atomic mass is 16.2. The number of nitrogens with zero attached hydrogens (tertiary/aromatic N) is 2. The molecular formula is C22H34N4O2. The van der Waals surface area contributed by atoms with Crippen molar-refractivity contribution in [1.29, 1.82) is 0 Å². The van der Waals surface area contributed by atoms with Crippen molar-refractivity contribution >= 4 is 11.9 Å². The molecule has 6 nitrogen and oxygen atoms in total. The number of nitrogens with one attached hydrogen (secondary N) is 2. The molecule has 3 amide bonds. The van der Waals surface area contributed by atoms with Gasteiger partial charge in [-0.2, -0.15) is 0 Å². The van der Waals surface area contributed by atoms with Gasteiger partial charge in [-0.3, -0.25) is 4.79 Å². The molecule has 0 aromatic heterocycles. The average Bonchev–Trinajstić information content (AvgIpc) is 2.75. The van der Waals surface area contributed by atoms with Crippen LogP contribution in [-0.2, 0) is 0 Å². The molecule has 1 aromatic rings. The van der Waals surface area contributed by atoms with E-state index < -0.39 is 0 Å². The second kappa shape index (κ2) is 10.5. The summed E-state index contributed by atoms with van der Waals surface area (Å²) in [4.78, 5) is 29.0. The SMILES string of the molecule is CCNC(=O)N1CCC[C@H](c2cccc(C(=O)NCCN3CCCCC3)c2)C1. The van der Waals surface area contributed by atoms with Crippen LogP contribution in [-0.4, -0.2) is 67.6 Å². The summed E-state index contributed by atoms with van der Waals surface area (Å²) in [5.74, 6) is 0.285. The van der Waals surface area contributed by atoms with E-state index in [1.807, 2.05) is 30.0 Å². The summed E-state index contributed by atoms with van der Waals surface area (Å²) in [6.45, 7) is 8.02. The Balaban J connectivity index is 1.53. The molecule has 0 unspecified atom stereocenters. The van der Waals surface area contributed by atoms with Crippen molar-refractivity contribution in [1.82, 2.24) is 20.4 Å². The summed E-state index contributed by atoms with van der Waals surface area (Å²) in [6.07, 6.45) is 5.91. The van der Waals surface area contributed by atoms with Gasteiger partial charge in [0.1, 0.15) is 0 Å². The third-order valence-corrected chi connectivity index (χ3v) is 5.82. The van der Waals surface area contributed by atoms with Gasteiger partial charge in [-0.1, -0.05) is 18.6 Å². The summed E-state index contributed by atoms with van der Waals surface area (Å²) in [5, 5.41) is 5.95. The number of carbonyl (C=O) groups is 2. The Morgan fingerprint density at radius 1 is 1.07 bits per heavy atom. The zero-order chi connectivity index (χ0) is 19.8. The van der Waals surface area contributed by atoms with Crippen LogP contribution in [0, 0.1) is 0 Å². The second-order valence-corrected chi connectivity index (χ2v) is 7.90. The van der Waals surface area contributed by atoms with E-state index in [0.29, 0.717) is 25.2 Å². The molecule has 2 N–H and O–H groups in total. The van der Waals surface area contributed by atoms with Gasteiger partial charge in [-0.05, 0) is 63.4 Å². The third kappa shape index (κ3) is 5.71. The lowest BCUT2D eigenvalue weighted by Gasteiger charge is -2.33. The van der Waals surface area contributed by atoms with Crippen molar-refractivity contribution in [3.8, 4) is 0 Å². The van der Waals surface area contributed by atoms with Gasteiger partial charge in [0, 0.05) is 44.2 Å². The monoisotopic (exact) mass is 386 g/mol. The highest BCUT2D eigenvalue weighted by molar-refractivity contribution is 5.94. The fourth-order valence-corrected chi connectivity index (χ4v) is 4.24. The fraction of sp³-hybridized carbons (Fsp3) is 0.636. The second-order valence-electron chi connectivity index (χ2n) is 7.90. The van der Waals surface area contributed by atoms with E-state index in [1.165, 1.54) is 19.3 Å². The predicted molar refractivity (Wildman–Crippen MR) is 112 cm³/mol. The van der Waals surface area contributed by atoms with Crippen LogP contribution in [0.5, 0.6) is 0 Å². The molecule has 0 saturated carbocycles. The third-order valence-electron chi connectivity index (χ3n) is 5.82. The Morgan fingerprint density at radius 2 is 1.89 bits per heavy atom. The van der Waals surface area contributed by atoms with Crippen molar-refractivity contribution in [2.75, 3.05) is 45.8 Å². The van der Waals surface area contributed by atoms with Gasteiger partial charge in [0.2, 0.25) is 0 Å². The molecule has 1 atom stereocenters. The maximum Gasteiger partial charge on any atom is 0.317 e. The van der Waals surface area contributed by atoms with Crippen LogP contribution in [0.4, 0.5) is 4.79 Å². The van der Waals surface area contributed by atoms with Crippen molar-refractivity contribution in [2.45, 2.75) is 44.9 Å². The van der Waals surface area contributed by atoms with Gasteiger partial charge >= 0.3 is 6.03 Å². The van der Waals surface area contributed by atoms with Crippen LogP contribution < -0.4 is 10.6 Å². The first-order valence-electron chi connectivity index (χ1n) is 10.8. The quantitative estimate of drug-likeness (QED) is 0.790. The first kappa shape index (κ1) is 20.6. The van der Waals surface area contributed by atoms with Crippen LogP contribution in [0.3, 0.4) is 0 Å². The number of benzene rings is 1. The number of hydrogen-bond acceptors (Lipinski definition) is 3. The van der Waals surface area contributed by atoms with Gasteiger partial charge in [0.25, 0.3) is 5.91 Å². The maximum atomic E-state index is 12.6. The van der Waals surface area contributed by atoms with Crippen LogP contribution in [0.25, 0.3) is 0 Å². The molecule has 1 aromatic carbocycles. The summed E-state index contributed by atoms with van der Waals surface area (Å²) in [7, 11) is 0. The predicted octanol–water partition coefficient (Wildman–Crippen LogP) is 2.81. The van der Waals surface area contributed by atoms with E-state index in [-0.39, 0.29) is 17.9 Å². The lowest BCUT2D eigenvalue weighted by Crippen LogP contribution is -2.44. The van der Waals surface area contributed by atoms with Crippen LogP contribution >= 0.6 is 0 Å². The summed E-state index contributed by atoms with van der Waals surface area (Å²) >= 11 is 0. The van der Waals surface area contributed by atoms with Gasteiger partial charge < -0.3 is 20.4 Å². The highest BCUT2D eigenvalue weighted by Crippen LogP contribution is 2.27. The topological polar surface area (TPSA) is 64.7 Å². The first-order chi connectivity index (χ1) is 13.7. The van der Waals surface area contributed by atoms with Gasteiger partial charge in [-0.25, -0.2) is 4.79 Å². The molecule has 2 saturated heterocycles. The summed E-state index contributed by atoms with van der Waals surface area (Å²) in [5.41, 5.74) is 1.86. The molecule has 154 valence electrons. The Kier molecular flexibility index (Phi) is 7.71. The standard InChI is InChI=1S/C22H34N4O2/c1-2-23-22(28)26-14-7-10-20(17-26)18-8-6-9-19(16-18)21(27)24-11-15-25-12-4-3-5-13-25/h6,8-9,16,20H,2-5,7,10-15,17H2,1H3,(H,23,28)(H,24,27)/t20-/m0/s1. The number of piperidine rings is 2. The molecule has 2 aliphatic rings. The van der Waals surface area contributed by atoms with Crippen LogP contribution in [0.1, 0.15) is 60.9 Å². The normalized spacial score (nSPS) is 20.6. The van der Waals surface area contributed by atoms with Crippen molar-refractivity contribution in [3.05, 3.63) is 35.4 Å². The molecule has 6 heteroatoms. The minimum atomic E-state index is -0.00440. The molecule has 3 rings (SSSR count). The number of rotatable bonds is 6. The molecule has 2 heterocycles.